The molecule has 0 fully saturated rings. The van der Waals surface area contributed by atoms with Crippen LogP contribution in [-0.2, 0) is 14.3 Å². The average Bonchev–Trinajstić information content (AvgIpc) is 2.81. The van der Waals surface area contributed by atoms with Crippen LogP contribution in [0.4, 0.5) is 0 Å². The molecule has 33 heavy (non-hydrogen) atoms. The normalized spacial score (nSPS) is 11.0. The Bertz CT molecular complexity index is 916. The highest BCUT2D eigenvalue weighted by Gasteiger charge is 2.07. The van der Waals surface area contributed by atoms with Gasteiger partial charge in [-0.15, -0.1) is 0 Å². The molecular weight excluding hydrogens is 432 g/mol. The number of carboxylic acid groups (broad SMARTS) is 2. The van der Waals surface area contributed by atoms with Gasteiger partial charge in [0, 0.05) is 12.2 Å². The van der Waals surface area contributed by atoms with Crippen molar-refractivity contribution >= 4 is 24.1 Å². The van der Waals surface area contributed by atoms with E-state index in [1.807, 2.05) is 0 Å². The fourth-order valence-corrected chi connectivity index (χ4v) is 2.67. The molecule has 2 aromatic rings. The van der Waals surface area contributed by atoms with Gasteiger partial charge in [-0.1, -0.05) is 12.1 Å². The van der Waals surface area contributed by atoms with Gasteiger partial charge in [-0.05, 0) is 47.5 Å². The zero-order chi connectivity index (χ0) is 24.1. The standard InChI is InChI=1S/C24H26O9/c1-29-21-15-17(5-9-23(25)26)3-7-19(21)32-13-11-31-12-14-33-20-8-4-18(6-10-24(27)28)16-22(20)30-2/h3-10,15-16H,11-14H2,1-2H3,(H,25,26)(H,27,28)/b9-5+,10-6+. The maximum absolute atomic E-state index is 10.6. The van der Waals surface area contributed by atoms with Crippen LogP contribution in [0.2, 0.25) is 0 Å². The van der Waals surface area contributed by atoms with Crippen LogP contribution in [0.25, 0.3) is 12.2 Å². The maximum atomic E-state index is 10.6. The van der Waals surface area contributed by atoms with Gasteiger partial charge >= 0.3 is 11.9 Å². The molecule has 0 aromatic heterocycles. The fourth-order valence-electron chi connectivity index (χ4n) is 2.67. The van der Waals surface area contributed by atoms with Gasteiger partial charge in [-0.3, -0.25) is 0 Å². The Morgan fingerprint density at radius 1 is 0.697 bits per heavy atom. The summed E-state index contributed by atoms with van der Waals surface area (Å²) < 4.78 is 27.4. The summed E-state index contributed by atoms with van der Waals surface area (Å²) in [5, 5.41) is 17.4. The minimum absolute atomic E-state index is 0.286. The number of carbonyl (C=O) groups is 2. The number of rotatable bonds is 14. The van der Waals surface area contributed by atoms with E-state index in [1.165, 1.54) is 26.4 Å². The third kappa shape index (κ3) is 8.96. The first kappa shape index (κ1) is 25.3. The summed E-state index contributed by atoms with van der Waals surface area (Å²) in [7, 11) is 3.01. The Morgan fingerprint density at radius 3 is 1.48 bits per heavy atom. The van der Waals surface area contributed by atoms with Crippen molar-refractivity contribution in [3.8, 4) is 23.0 Å². The van der Waals surface area contributed by atoms with Gasteiger partial charge in [0.25, 0.3) is 0 Å². The van der Waals surface area contributed by atoms with Crippen molar-refractivity contribution in [3.63, 3.8) is 0 Å². The zero-order valence-corrected chi connectivity index (χ0v) is 18.4. The van der Waals surface area contributed by atoms with Gasteiger partial charge in [-0.2, -0.15) is 0 Å². The Balaban J connectivity index is 1.75. The van der Waals surface area contributed by atoms with Crippen LogP contribution < -0.4 is 18.9 Å². The predicted molar refractivity (Wildman–Crippen MR) is 121 cm³/mol. The van der Waals surface area contributed by atoms with E-state index in [-0.39, 0.29) is 13.2 Å². The molecule has 0 aliphatic carbocycles. The Kier molecular flexibility index (Phi) is 10.3. The van der Waals surface area contributed by atoms with E-state index in [0.29, 0.717) is 47.3 Å². The molecule has 0 spiro atoms. The Hall–Kier alpha value is -3.98. The largest absolute Gasteiger partial charge is 0.493 e. The van der Waals surface area contributed by atoms with Gasteiger partial charge in [0.05, 0.1) is 27.4 Å². The lowest BCUT2D eigenvalue weighted by Gasteiger charge is -2.13. The summed E-state index contributed by atoms with van der Waals surface area (Å²) in [5.41, 5.74) is 1.35. The van der Waals surface area contributed by atoms with E-state index in [9.17, 15) is 9.59 Å². The maximum Gasteiger partial charge on any atom is 0.328 e. The quantitative estimate of drug-likeness (QED) is 0.324. The van der Waals surface area contributed by atoms with E-state index in [0.717, 1.165) is 12.2 Å². The molecule has 0 unspecified atom stereocenters. The summed E-state index contributed by atoms with van der Waals surface area (Å²) in [6.07, 6.45) is 5.03. The smallest absolute Gasteiger partial charge is 0.328 e. The first-order valence-electron chi connectivity index (χ1n) is 9.94. The van der Waals surface area contributed by atoms with Crippen molar-refractivity contribution in [2.24, 2.45) is 0 Å². The molecule has 0 saturated heterocycles. The SMILES string of the molecule is COc1cc(/C=C/C(=O)O)ccc1OCCOCCOc1ccc(/C=C/C(=O)O)cc1OC. The molecular formula is C24H26O9. The first-order valence-corrected chi connectivity index (χ1v) is 9.94. The molecule has 176 valence electrons. The van der Waals surface area contributed by atoms with Gasteiger partial charge in [-0.25, -0.2) is 9.59 Å². The molecule has 2 N–H and O–H groups in total. The first-order chi connectivity index (χ1) is 15.9. The number of hydrogen-bond donors (Lipinski definition) is 2. The lowest BCUT2D eigenvalue weighted by Crippen LogP contribution is -2.12. The topological polar surface area (TPSA) is 121 Å². The van der Waals surface area contributed by atoms with Gasteiger partial charge in [0.15, 0.2) is 23.0 Å². The summed E-state index contributed by atoms with van der Waals surface area (Å²) >= 11 is 0. The van der Waals surface area contributed by atoms with Gasteiger partial charge < -0.3 is 33.9 Å². The van der Waals surface area contributed by atoms with Gasteiger partial charge in [0.2, 0.25) is 0 Å². The molecule has 0 radical (unpaired) electrons. The molecule has 0 heterocycles. The molecule has 9 nitrogen and oxygen atoms in total. The van der Waals surface area contributed by atoms with E-state index < -0.39 is 11.9 Å². The summed E-state index contributed by atoms with van der Waals surface area (Å²) in [6, 6.07) is 10.2. The number of methoxy groups -OCH3 is 2. The minimum atomic E-state index is -1.03. The van der Waals surface area contributed by atoms with E-state index in [2.05, 4.69) is 0 Å². The average molecular weight is 458 g/mol. The van der Waals surface area contributed by atoms with Crippen LogP contribution in [0.3, 0.4) is 0 Å². The third-order valence-corrected chi connectivity index (χ3v) is 4.18. The highest BCUT2D eigenvalue weighted by atomic mass is 16.6. The van der Waals surface area contributed by atoms with Crippen LogP contribution in [0, 0.1) is 0 Å². The van der Waals surface area contributed by atoms with Crippen LogP contribution in [0.5, 0.6) is 23.0 Å². The second-order valence-corrected chi connectivity index (χ2v) is 6.47. The number of hydrogen-bond acceptors (Lipinski definition) is 7. The minimum Gasteiger partial charge on any atom is -0.493 e. The van der Waals surface area contributed by atoms with E-state index in [1.54, 1.807) is 36.4 Å². The summed E-state index contributed by atoms with van der Waals surface area (Å²) in [6.45, 7) is 1.22. The Morgan fingerprint density at radius 2 is 1.12 bits per heavy atom. The number of aliphatic carboxylic acids is 2. The lowest BCUT2D eigenvalue weighted by atomic mass is 10.2. The monoisotopic (exact) mass is 458 g/mol. The molecule has 0 aliphatic rings. The number of ether oxygens (including phenoxy) is 5. The second-order valence-electron chi connectivity index (χ2n) is 6.47. The van der Waals surface area contributed by atoms with Crippen LogP contribution in [0.1, 0.15) is 11.1 Å². The van der Waals surface area contributed by atoms with E-state index in [4.69, 9.17) is 33.9 Å². The van der Waals surface area contributed by atoms with Crippen LogP contribution in [0.15, 0.2) is 48.6 Å². The van der Waals surface area contributed by atoms with Crippen molar-refractivity contribution in [1.29, 1.82) is 0 Å². The van der Waals surface area contributed by atoms with E-state index >= 15 is 0 Å². The molecule has 0 bridgehead atoms. The fraction of sp³-hybridized carbons (Fsp3) is 0.250. The zero-order valence-electron chi connectivity index (χ0n) is 18.4. The van der Waals surface area contributed by atoms with Gasteiger partial charge in [0.1, 0.15) is 13.2 Å². The van der Waals surface area contributed by atoms with Crippen molar-refractivity contribution in [2.45, 2.75) is 0 Å². The predicted octanol–water partition coefficient (Wildman–Crippen LogP) is 3.37. The molecule has 2 aromatic carbocycles. The molecule has 0 aliphatic heterocycles. The number of carboxylic acids is 2. The van der Waals surface area contributed by atoms with Crippen molar-refractivity contribution in [2.75, 3.05) is 40.6 Å². The van der Waals surface area contributed by atoms with Crippen LogP contribution in [-0.4, -0.2) is 62.8 Å². The highest BCUT2D eigenvalue weighted by molar-refractivity contribution is 5.86. The van der Waals surface area contributed by atoms with Crippen molar-refractivity contribution < 1.29 is 43.5 Å². The van der Waals surface area contributed by atoms with Crippen LogP contribution >= 0.6 is 0 Å². The van der Waals surface area contributed by atoms with Crippen molar-refractivity contribution in [3.05, 3.63) is 59.7 Å². The second kappa shape index (κ2) is 13.4. The van der Waals surface area contributed by atoms with Crippen molar-refractivity contribution in [1.82, 2.24) is 0 Å². The molecule has 0 amide bonds. The lowest BCUT2D eigenvalue weighted by molar-refractivity contribution is -0.132. The third-order valence-electron chi connectivity index (χ3n) is 4.18. The summed E-state index contributed by atoms with van der Waals surface area (Å²) in [4.78, 5) is 21.2. The molecule has 0 atom stereocenters. The summed E-state index contributed by atoms with van der Waals surface area (Å²) in [5.74, 6) is -0.0463. The molecule has 0 saturated carbocycles. The molecule has 9 heteroatoms. The number of benzene rings is 2. The Labute approximate surface area is 191 Å². The molecule has 2 rings (SSSR count). The highest BCUT2D eigenvalue weighted by Crippen LogP contribution is 2.29.